The minimum absolute atomic E-state index is 0.0511. The molecule has 0 aliphatic carbocycles. The Balaban J connectivity index is 2.51. The summed E-state index contributed by atoms with van der Waals surface area (Å²) < 4.78 is 18.4. The number of carbonyl (C=O) groups excluding carboxylic acids is 2. The van der Waals surface area contributed by atoms with Crippen LogP contribution in [0.1, 0.15) is 33.3 Å². The van der Waals surface area contributed by atoms with Crippen LogP contribution in [0.25, 0.3) is 0 Å². The van der Waals surface area contributed by atoms with E-state index in [4.69, 9.17) is 4.74 Å². The second kappa shape index (κ2) is 6.50. The Morgan fingerprint density at radius 1 is 1.30 bits per heavy atom. The molecule has 1 rings (SSSR count). The Bertz CT molecular complexity index is 494. The zero-order valence-electron chi connectivity index (χ0n) is 12.2. The van der Waals surface area contributed by atoms with Gasteiger partial charge in [0.25, 0.3) is 0 Å². The number of halogens is 1. The van der Waals surface area contributed by atoms with Gasteiger partial charge in [0.1, 0.15) is 11.9 Å². The molecular weight excluding hydrogens is 261 g/mol. The van der Waals surface area contributed by atoms with E-state index in [2.05, 4.69) is 5.32 Å². The Morgan fingerprint density at radius 3 is 2.45 bits per heavy atom. The van der Waals surface area contributed by atoms with Crippen LogP contribution in [-0.2, 0) is 20.9 Å². The fraction of sp³-hybridized carbons (Fsp3) is 0.467. The fourth-order valence-corrected chi connectivity index (χ4v) is 1.28. The molecule has 1 atom stereocenters. The summed E-state index contributed by atoms with van der Waals surface area (Å²) in [5.41, 5.74) is 0.0686. The fourth-order valence-electron chi connectivity index (χ4n) is 1.28. The second-order valence-electron chi connectivity index (χ2n) is 5.69. The van der Waals surface area contributed by atoms with Crippen LogP contribution in [0.15, 0.2) is 24.3 Å². The van der Waals surface area contributed by atoms with E-state index in [1.807, 2.05) is 20.8 Å². The number of hydrogen-bond donors (Lipinski definition) is 1. The predicted octanol–water partition coefficient (Wildman–Crippen LogP) is 2.42. The first-order valence-electron chi connectivity index (χ1n) is 6.44. The third-order valence-corrected chi connectivity index (χ3v) is 3.09. The third-order valence-electron chi connectivity index (χ3n) is 3.09. The smallest absolute Gasteiger partial charge is 0.397 e. The van der Waals surface area contributed by atoms with Crippen LogP contribution in [0.2, 0.25) is 0 Å². The van der Waals surface area contributed by atoms with E-state index in [-0.39, 0.29) is 12.0 Å². The van der Waals surface area contributed by atoms with Crippen molar-refractivity contribution >= 4 is 11.9 Å². The van der Waals surface area contributed by atoms with E-state index >= 15 is 0 Å². The van der Waals surface area contributed by atoms with Crippen molar-refractivity contribution in [2.45, 2.75) is 40.3 Å². The summed E-state index contributed by atoms with van der Waals surface area (Å²) in [6.07, 6.45) is -0.394. The number of ether oxygens (including phenoxy) is 1. The van der Waals surface area contributed by atoms with Crippen LogP contribution in [0.5, 0.6) is 0 Å². The number of rotatable bonds is 3. The molecule has 0 fully saturated rings. The maximum absolute atomic E-state index is 13.3. The van der Waals surface area contributed by atoms with Gasteiger partial charge >= 0.3 is 11.9 Å². The van der Waals surface area contributed by atoms with Crippen molar-refractivity contribution in [3.8, 4) is 0 Å². The zero-order chi connectivity index (χ0) is 15.3. The van der Waals surface area contributed by atoms with Gasteiger partial charge in [-0.25, -0.2) is 9.18 Å². The number of carbonyl (C=O) groups is 2. The first-order valence-corrected chi connectivity index (χ1v) is 6.44. The molecule has 0 heterocycles. The molecule has 5 heteroatoms. The van der Waals surface area contributed by atoms with Gasteiger partial charge in [0.15, 0.2) is 0 Å². The van der Waals surface area contributed by atoms with E-state index in [1.54, 1.807) is 25.1 Å². The maximum atomic E-state index is 13.3. The highest BCUT2D eigenvalue weighted by molar-refractivity contribution is 6.32. The summed E-state index contributed by atoms with van der Waals surface area (Å²) >= 11 is 0. The molecule has 4 nitrogen and oxygen atoms in total. The lowest BCUT2D eigenvalue weighted by Crippen LogP contribution is -2.37. The summed E-state index contributed by atoms with van der Waals surface area (Å²) in [6, 6.07) is 6.05. The Hall–Kier alpha value is -1.91. The quantitative estimate of drug-likeness (QED) is 0.684. The second-order valence-corrected chi connectivity index (χ2v) is 5.69. The molecule has 0 bridgehead atoms. The number of benzene rings is 1. The molecular formula is C15H20FNO3. The van der Waals surface area contributed by atoms with E-state index in [0.717, 1.165) is 0 Å². The van der Waals surface area contributed by atoms with Crippen LogP contribution in [0.4, 0.5) is 4.39 Å². The number of nitrogens with one attached hydrogen (secondary N) is 1. The van der Waals surface area contributed by atoms with Gasteiger partial charge in [-0.05, 0) is 18.4 Å². The average Bonchev–Trinajstić information content (AvgIpc) is 2.36. The first-order chi connectivity index (χ1) is 9.21. The predicted molar refractivity (Wildman–Crippen MR) is 73.3 cm³/mol. The summed E-state index contributed by atoms with van der Waals surface area (Å²) in [7, 11) is 0. The number of hydrogen-bond acceptors (Lipinski definition) is 3. The molecule has 0 saturated carbocycles. The maximum Gasteiger partial charge on any atom is 0.397 e. The van der Waals surface area contributed by atoms with E-state index in [1.165, 1.54) is 6.07 Å². The highest BCUT2D eigenvalue weighted by atomic mass is 19.1. The lowest BCUT2D eigenvalue weighted by atomic mass is 9.90. The van der Waals surface area contributed by atoms with Crippen molar-refractivity contribution in [1.82, 2.24) is 5.32 Å². The molecule has 1 aromatic carbocycles. The lowest BCUT2D eigenvalue weighted by molar-refractivity contribution is -0.162. The zero-order valence-corrected chi connectivity index (χ0v) is 12.2. The Labute approximate surface area is 118 Å². The van der Waals surface area contributed by atoms with Crippen LogP contribution in [0.3, 0.4) is 0 Å². The van der Waals surface area contributed by atoms with Crippen molar-refractivity contribution in [3.63, 3.8) is 0 Å². The van der Waals surface area contributed by atoms with Gasteiger partial charge in [-0.3, -0.25) is 4.79 Å². The highest BCUT2D eigenvalue weighted by Gasteiger charge is 2.26. The third kappa shape index (κ3) is 4.64. The van der Waals surface area contributed by atoms with Gasteiger partial charge in [0, 0.05) is 12.1 Å². The molecule has 110 valence electrons. The van der Waals surface area contributed by atoms with E-state index in [0.29, 0.717) is 5.56 Å². The van der Waals surface area contributed by atoms with Gasteiger partial charge in [-0.2, -0.15) is 0 Å². The summed E-state index contributed by atoms with van der Waals surface area (Å²) in [6.45, 7) is 7.39. The normalized spacial score (nSPS) is 12.7. The molecule has 1 amide bonds. The van der Waals surface area contributed by atoms with Gasteiger partial charge in [0.2, 0.25) is 0 Å². The average molecular weight is 281 g/mol. The van der Waals surface area contributed by atoms with Crippen molar-refractivity contribution < 1.29 is 18.7 Å². The largest absolute Gasteiger partial charge is 0.455 e. The van der Waals surface area contributed by atoms with Crippen LogP contribution in [-0.4, -0.2) is 18.0 Å². The molecule has 0 radical (unpaired) electrons. The van der Waals surface area contributed by atoms with Gasteiger partial charge in [0.05, 0.1) is 0 Å². The van der Waals surface area contributed by atoms with Gasteiger partial charge in [-0.1, -0.05) is 39.0 Å². The van der Waals surface area contributed by atoms with Crippen molar-refractivity contribution in [3.05, 3.63) is 35.6 Å². The lowest BCUT2D eigenvalue weighted by Gasteiger charge is -2.26. The molecule has 0 unspecified atom stereocenters. The molecule has 0 saturated heterocycles. The van der Waals surface area contributed by atoms with Gasteiger partial charge < -0.3 is 10.1 Å². The topological polar surface area (TPSA) is 55.4 Å². The van der Waals surface area contributed by atoms with E-state index in [9.17, 15) is 14.0 Å². The monoisotopic (exact) mass is 281 g/mol. The first kappa shape index (κ1) is 16.1. The van der Waals surface area contributed by atoms with Crippen LogP contribution < -0.4 is 5.32 Å². The standard InChI is InChI=1S/C15H20FNO3/c1-10(15(2,3)4)20-14(19)13(18)17-9-11-7-5-6-8-12(11)16/h5-8,10H,9H2,1-4H3,(H,17,18)/t10-/m1/s1. The van der Waals surface area contributed by atoms with Gasteiger partial charge in [-0.15, -0.1) is 0 Å². The summed E-state index contributed by atoms with van der Waals surface area (Å²) in [4.78, 5) is 23.2. The minimum Gasteiger partial charge on any atom is -0.455 e. The Kier molecular flexibility index (Phi) is 5.25. The van der Waals surface area contributed by atoms with Crippen molar-refractivity contribution in [2.75, 3.05) is 0 Å². The minimum atomic E-state index is -0.955. The molecule has 0 aliphatic rings. The molecule has 20 heavy (non-hydrogen) atoms. The summed E-state index contributed by atoms with van der Waals surface area (Å²) in [5.74, 6) is -2.25. The number of amides is 1. The molecule has 0 aromatic heterocycles. The molecule has 0 spiro atoms. The molecule has 1 aromatic rings. The van der Waals surface area contributed by atoms with Crippen molar-refractivity contribution in [2.24, 2.45) is 5.41 Å². The number of esters is 1. The SMILES string of the molecule is C[C@@H](OC(=O)C(=O)NCc1ccccc1F)C(C)(C)C. The molecule has 1 N–H and O–H groups in total. The summed E-state index contributed by atoms with van der Waals surface area (Å²) in [5, 5.41) is 2.34. The Morgan fingerprint density at radius 2 is 1.90 bits per heavy atom. The molecule has 0 aliphatic heterocycles. The highest BCUT2D eigenvalue weighted by Crippen LogP contribution is 2.21. The van der Waals surface area contributed by atoms with Crippen molar-refractivity contribution in [1.29, 1.82) is 0 Å². The van der Waals surface area contributed by atoms with E-state index < -0.39 is 23.8 Å². The van der Waals surface area contributed by atoms with Crippen LogP contribution >= 0.6 is 0 Å². The van der Waals surface area contributed by atoms with Crippen LogP contribution in [0, 0.1) is 11.2 Å².